The lowest BCUT2D eigenvalue weighted by molar-refractivity contribution is -0.274. The molecule has 0 aliphatic heterocycles. The minimum absolute atomic E-state index is 0.200. The Hall–Kier alpha value is -3.09. The SMILES string of the molecule is Nc1c(C(=O)c2ccc(OC(F)(F)F)cc2)ccc2cccnc12. The van der Waals surface area contributed by atoms with Gasteiger partial charge in [0.25, 0.3) is 0 Å². The number of hydrogen-bond donors (Lipinski definition) is 1. The minimum atomic E-state index is -4.78. The predicted octanol–water partition coefficient (Wildman–Crippen LogP) is 3.95. The molecule has 0 aliphatic carbocycles. The van der Waals surface area contributed by atoms with Crippen molar-refractivity contribution in [3.63, 3.8) is 0 Å². The number of aromatic nitrogens is 1. The first-order valence-corrected chi connectivity index (χ1v) is 6.89. The maximum atomic E-state index is 12.5. The monoisotopic (exact) mass is 332 g/mol. The van der Waals surface area contributed by atoms with Gasteiger partial charge in [-0.1, -0.05) is 12.1 Å². The standard InChI is InChI=1S/C17H11F3N2O2/c18-17(19,20)24-12-6-3-11(4-7-12)16(23)13-8-5-10-2-1-9-22-15(10)14(13)21/h1-9H,21H2. The van der Waals surface area contributed by atoms with Gasteiger partial charge in [-0.2, -0.15) is 0 Å². The number of rotatable bonds is 3. The van der Waals surface area contributed by atoms with E-state index in [-0.39, 0.29) is 16.8 Å². The molecule has 3 rings (SSSR count). The highest BCUT2D eigenvalue weighted by atomic mass is 19.4. The van der Waals surface area contributed by atoms with E-state index >= 15 is 0 Å². The average Bonchev–Trinajstić information content (AvgIpc) is 2.54. The summed E-state index contributed by atoms with van der Waals surface area (Å²) in [5.41, 5.74) is 7.19. The normalized spacial score (nSPS) is 11.5. The quantitative estimate of drug-likeness (QED) is 0.583. The molecule has 24 heavy (non-hydrogen) atoms. The molecule has 1 heterocycles. The summed E-state index contributed by atoms with van der Waals surface area (Å²) in [6, 6.07) is 11.5. The molecule has 0 fully saturated rings. The van der Waals surface area contributed by atoms with Crippen molar-refractivity contribution in [1.82, 2.24) is 4.98 Å². The van der Waals surface area contributed by atoms with Crippen LogP contribution in [-0.2, 0) is 0 Å². The third-order valence-corrected chi connectivity index (χ3v) is 3.41. The van der Waals surface area contributed by atoms with Crippen LogP contribution in [0.25, 0.3) is 10.9 Å². The van der Waals surface area contributed by atoms with E-state index in [1.807, 2.05) is 6.07 Å². The summed E-state index contributed by atoms with van der Waals surface area (Å²) in [5.74, 6) is -0.800. The van der Waals surface area contributed by atoms with E-state index in [0.29, 0.717) is 5.52 Å². The number of nitrogen functional groups attached to an aromatic ring is 1. The van der Waals surface area contributed by atoms with Gasteiger partial charge in [0.15, 0.2) is 5.78 Å². The van der Waals surface area contributed by atoms with E-state index in [0.717, 1.165) is 17.5 Å². The molecule has 122 valence electrons. The Balaban J connectivity index is 1.93. The number of carbonyl (C=O) groups excluding carboxylic acids is 1. The van der Waals surface area contributed by atoms with E-state index in [2.05, 4.69) is 9.72 Å². The highest BCUT2D eigenvalue weighted by molar-refractivity contribution is 6.15. The van der Waals surface area contributed by atoms with Gasteiger partial charge in [-0.05, 0) is 36.4 Å². The molecule has 3 aromatic rings. The minimum Gasteiger partial charge on any atom is -0.406 e. The Morgan fingerprint density at radius 2 is 1.75 bits per heavy atom. The van der Waals surface area contributed by atoms with Gasteiger partial charge in [0.2, 0.25) is 0 Å². The van der Waals surface area contributed by atoms with Gasteiger partial charge in [0.05, 0.1) is 11.2 Å². The van der Waals surface area contributed by atoms with Crippen molar-refractivity contribution >= 4 is 22.4 Å². The first-order chi connectivity index (χ1) is 11.3. The fraction of sp³-hybridized carbons (Fsp3) is 0.0588. The number of benzene rings is 2. The molecular weight excluding hydrogens is 321 g/mol. The molecule has 2 aromatic carbocycles. The number of halogens is 3. The molecule has 0 spiro atoms. The zero-order valence-corrected chi connectivity index (χ0v) is 12.2. The molecule has 0 amide bonds. The Kier molecular flexibility index (Phi) is 3.84. The van der Waals surface area contributed by atoms with Crippen molar-refractivity contribution in [2.45, 2.75) is 6.36 Å². The summed E-state index contributed by atoms with van der Waals surface area (Å²) in [7, 11) is 0. The number of carbonyl (C=O) groups is 1. The Morgan fingerprint density at radius 3 is 2.42 bits per heavy atom. The second kappa shape index (κ2) is 5.84. The average molecular weight is 332 g/mol. The van der Waals surface area contributed by atoms with Gasteiger partial charge < -0.3 is 10.5 Å². The number of ether oxygens (including phenoxy) is 1. The van der Waals surface area contributed by atoms with Crippen molar-refractivity contribution < 1.29 is 22.7 Å². The first kappa shape index (κ1) is 15.8. The molecule has 0 aliphatic rings. The van der Waals surface area contributed by atoms with Crippen molar-refractivity contribution in [3.05, 3.63) is 65.9 Å². The molecule has 0 bridgehead atoms. The molecule has 0 saturated carbocycles. The van der Waals surface area contributed by atoms with Crippen LogP contribution in [0.15, 0.2) is 54.7 Å². The van der Waals surface area contributed by atoms with Crippen LogP contribution in [0.5, 0.6) is 5.75 Å². The van der Waals surface area contributed by atoms with E-state index in [4.69, 9.17) is 5.73 Å². The number of anilines is 1. The number of pyridine rings is 1. The fourth-order valence-electron chi connectivity index (χ4n) is 2.33. The number of alkyl halides is 3. The summed E-state index contributed by atoms with van der Waals surface area (Å²) in [6.45, 7) is 0. The highest BCUT2D eigenvalue weighted by Crippen LogP contribution is 2.27. The van der Waals surface area contributed by atoms with E-state index in [1.165, 1.54) is 12.1 Å². The lowest BCUT2D eigenvalue weighted by Crippen LogP contribution is -2.17. The molecule has 0 saturated heterocycles. The molecule has 1 aromatic heterocycles. The molecule has 2 N–H and O–H groups in total. The maximum Gasteiger partial charge on any atom is 0.573 e. The van der Waals surface area contributed by atoms with Crippen LogP contribution in [0, 0.1) is 0 Å². The van der Waals surface area contributed by atoms with Gasteiger partial charge in [-0.15, -0.1) is 13.2 Å². The van der Waals surface area contributed by atoms with E-state index in [1.54, 1.807) is 24.4 Å². The number of fused-ring (bicyclic) bond motifs is 1. The second-order valence-electron chi connectivity index (χ2n) is 5.00. The van der Waals surface area contributed by atoms with Crippen molar-refractivity contribution in [1.29, 1.82) is 0 Å². The molecule has 0 atom stereocenters. The van der Waals surface area contributed by atoms with E-state index < -0.39 is 17.9 Å². The third kappa shape index (κ3) is 3.15. The molecule has 0 radical (unpaired) electrons. The smallest absolute Gasteiger partial charge is 0.406 e. The maximum absolute atomic E-state index is 12.5. The highest BCUT2D eigenvalue weighted by Gasteiger charge is 2.31. The predicted molar refractivity (Wildman–Crippen MR) is 82.7 cm³/mol. The molecule has 0 unspecified atom stereocenters. The number of hydrogen-bond acceptors (Lipinski definition) is 4. The van der Waals surface area contributed by atoms with Gasteiger partial charge in [0.1, 0.15) is 5.75 Å². The number of nitrogens with zero attached hydrogens (tertiary/aromatic N) is 1. The Labute approximate surface area is 134 Å². The van der Waals surface area contributed by atoms with Crippen LogP contribution in [0.2, 0.25) is 0 Å². The first-order valence-electron chi connectivity index (χ1n) is 6.89. The number of ketones is 1. The van der Waals surface area contributed by atoms with Crippen LogP contribution >= 0.6 is 0 Å². The van der Waals surface area contributed by atoms with Crippen molar-refractivity contribution in [2.24, 2.45) is 0 Å². The van der Waals surface area contributed by atoms with Gasteiger partial charge >= 0.3 is 6.36 Å². The lowest BCUT2D eigenvalue weighted by Gasteiger charge is -2.10. The molecule has 4 nitrogen and oxygen atoms in total. The van der Waals surface area contributed by atoms with Gasteiger partial charge in [0, 0.05) is 22.7 Å². The topological polar surface area (TPSA) is 65.2 Å². The Morgan fingerprint density at radius 1 is 1.04 bits per heavy atom. The fourth-order valence-corrected chi connectivity index (χ4v) is 2.33. The summed E-state index contributed by atoms with van der Waals surface area (Å²) in [4.78, 5) is 16.7. The number of nitrogens with two attached hydrogens (primary N) is 1. The van der Waals surface area contributed by atoms with Crippen LogP contribution in [0.3, 0.4) is 0 Å². The van der Waals surface area contributed by atoms with E-state index in [9.17, 15) is 18.0 Å². The largest absolute Gasteiger partial charge is 0.573 e. The second-order valence-corrected chi connectivity index (χ2v) is 5.00. The van der Waals surface area contributed by atoms with Gasteiger partial charge in [-0.3, -0.25) is 9.78 Å². The van der Waals surface area contributed by atoms with Crippen LogP contribution in [-0.4, -0.2) is 17.1 Å². The zero-order chi connectivity index (χ0) is 17.3. The van der Waals surface area contributed by atoms with Crippen molar-refractivity contribution in [2.75, 3.05) is 5.73 Å². The lowest BCUT2D eigenvalue weighted by atomic mass is 9.99. The Bertz CT molecular complexity index is 906. The van der Waals surface area contributed by atoms with Crippen molar-refractivity contribution in [3.8, 4) is 5.75 Å². The van der Waals surface area contributed by atoms with Crippen LogP contribution in [0.1, 0.15) is 15.9 Å². The summed E-state index contributed by atoms with van der Waals surface area (Å²) >= 11 is 0. The summed E-state index contributed by atoms with van der Waals surface area (Å²) < 4.78 is 40.2. The third-order valence-electron chi connectivity index (χ3n) is 3.41. The van der Waals surface area contributed by atoms with Crippen LogP contribution in [0.4, 0.5) is 18.9 Å². The summed E-state index contributed by atoms with van der Waals surface area (Å²) in [5, 5.41) is 0.792. The molecule has 7 heteroatoms. The van der Waals surface area contributed by atoms with Gasteiger partial charge in [-0.25, -0.2) is 0 Å². The zero-order valence-electron chi connectivity index (χ0n) is 12.2. The molecular formula is C17H11F3N2O2. The summed E-state index contributed by atoms with van der Waals surface area (Å²) in [6.07, 6.45) is -3.21. The van der Waals surface area contributed by atoms with Crippen LogP contribution < -0.4 is 10.5 Å².